The number of aryl methyl sites for hydroxylation is 1. The number of para-hydroxylation sites is 1. The Kier molecular flexibility index (Phi) is 6.07. The first-order valence-corrected chi connectivity index (χ1v) is 10.7. The molecule has 2 N–H and O–H groups in total. The van der Waals surface area contributed by atoms with Crippen LogP contribution in [-0.4, -0.2) is 37.7 Å². The summed E-state index contributed by atoms with van der Waals surface area (Å²) in [6.45, 7) is 2.55. The van der Waals surface area contributed by atoms with Crippen molar-refractivity contribution in [3.05, 3.63) is 58.6 Å². The van der Waals surface area contributed by atoms with E-state index in [1.807, 2.05) is 13.1 Å². The maximum Gasteiger partial charge on any atom is 0.190 e. The van der Waals surface area contributed by atoms with E-state index in [4.69, 9.17) is 9.72 Å². The Morgan fingerprint density at radius 1 is 1.14 bits per heavy atom. The van der Waals surface area contributed by atoms with Gasteiger partial charge in [0, 0.05) is 33.0 Å². The second-order valence-electron chi connectivity index (χ2n) is 6.90. The summed E-state index contributed by atoms with van der Waals surface area (Å²) in [5.74, 6) is 1.90. The van der Waals surface area contributed by atoms with Crippen LogP contribution in [0.1, 0.15) is 22.6 Å². The average molecular weight is 395 g/mol. The minimum atomic E-state index is 0.810. The van der Waals surface area contributed by atoms with E-state index in [0.29, 0.717) is 0 Å². The largest absolute Gasteiger partial charge is 0.493 e. The summed E-state index contributed by atoms with van der Waals surface area (Å²) < 4.78 is 6.83. The number of nitrogens with zero attached hydrogens (tertiary/aromatic N) is 2. The molecule has 0 radical (unpaired) electrons. The smallest absolute Gasteiger partial charge is 0.190 e. The van der Waals surface area contributed by atoms with Crippen LogP contribution >= 0.6 is 11.3 Å². The van der Waals surface area contributed by atoms with Crippen LogP contribution in [0, 0.1) is 0 Å². The van der Waals surface area contributed by atoms with Gasteiger partial charge in [-0.1, -0.05) is 24.3 Å². The summed E-state index contributed by atoms with van der Waals surface area (Å²) in [5, 5.41) is 8.00. The Morgan fingerprint density at radius 3 is 2.93 bits per heavy atom. The summed E-state index contributed by atoms with van der Waals surface area (Å²) in [6.07, 6.45) is 4.01. The molecule has 0 bridgehead atoms. The molecule has 146 valence electrons. The zero-order valence-electron chi connectivity index (χ0n) is 16.2. The van der Waals surface area contributed by atoms with Crippen LogP contribution in [0.15, 0.2) is 47.5 Å². The Balaban J connectivity index is 1.17. The number of hydrogen-bond donors (Lipinski definition) is 2. The van der Waals surface area contributed by atoms with Crippen molar-refractivity contribution < 1.29 is 4.74 Å². The quantitative estimate of drug-likeness (QED) is 0.365. The first-order valence-electron chi connectivity index (χ1n) is 9.85. The van der Waals surface area contributed by atoms with Crippen LogP contribution < -0.4 is 15.4 Å². The summed E-state index contributed by atoms with van der Waals surface area (Å²) in [7, 11) is 1.82. The molecule has 2 aromatic carbocycles. The summed E-state index contributed by atoms with van der Waals surface area (Å²) >= 11 is 1.79. The van der Waals surface area contributed by atoms with E-state index in [1.165, 1.54) is 20.8 Å². The van der Waals surface area contributed by atoms with Gasteiger partial charge in [0.1, 0.15) is 5.75 Å². The lowest BCUT2D eigenvalue weighted by atomic mass is 10.1. The Hall–Kier alpha value is -2.60. The molecule has 0 atom stereocenters. The van der Waals surface area contributed by atoms with Gasteiger partial charge in [0.25, 0.3) is 0 Å². The molecule has 0 amide bonds. The third kappa shape index (κ3) is 4.62. The van der Waals surface area contributed by atoms with Gasteiger partial charge in [-0.2, -0.15) is 0 Å². The van der Waals surface area contributed by atoms with Gasteiger partial charge >= 0.3 is 0 Å². The number of aliphatic imine (C=N–C) groups is 1. The zero-order valence-corrected chi connectivity index (χ0v) is 17.0. The molecular weight excluding hydrogens is 368 g/mol. The van der Waals surface area contributed by atoms with Crippen molar-refractivity contribution in [2.24, 2.45) is 4.99 Å². The van der Waals surface area contributed by atoms with E-state index in [0.717, 1.165) is 62.6 Å². The molecule has 28 heavy (non-hydrogen) atoms. The standard InChI is InChI=1S/C22H26N4OS/c1-23-22(25-13-10-16-8-9-19-17(15-16)11-14-27-19)24-12-4-7-21-26-18-5-2-3-6-20(18)28-21/h2-3,5-6,8-9,15H,4,7,10-14H2,1H3,(H2,23,24,25). The fraction of sp³-hybridized carbons (Fsp3) is 0.364. The average Bonchev–Trinajstić information content (AvgIpc) is 3.35. The van der Waals surface area contributed by atoms with Crippen molar-refractivity contribution in [3.8, 4) is 5.75 Å². The topological polar surface area (TPSA) is 58.5 Å². The van der Waals surface area contributed by atoms with Gasteiger partial charge in [0.05, 0.1) is 21.8 Å². The van der Waals surface area contributed by atoms with E-state index in [-0.39, 0.29) is 0 Å². The van der Waals surface area contributed by atoms with E-state index >= 15 is 0 Å². The van der Waals surface area contributed by atoms with Crippen LogP contribution in [0.3, 0.4) is 0 Å². The molecule has 1 aromatic heterocycles. The van der Waals surface area contributed by atoms with Crippen molar-refractivity contribution >= 4 is 27.5 Å². The highest BCUT2D eigenvalue weighted by Crippen LogP contribution is 2.26. The molecule has 1 aliphatic heterocycles. The molecule has 2 heterocycles. The predicted octanol–water partition coefficient (Wildman–Crippen LogP) is 3.57. The van der Waals surface area contributed by atoms with Crippen molar-refractivity contribution in [2.45, 2.75) is 25.7 Å². The van der Waals surface area contributed by atoms with Gasteiger partial charge in [-0.3, -0.25) is 4.99 Å². The summed E-state index contributed by atoms with van der Waals surface area (Å²) in [6, 6.07) is 14.8. The number of guanidine groups is 1. The highest BCUT2D eigenvalue weighted by atomic mass is 32.1. The monoisotopic (exact) mass is 394 g/mol. The van der Waals surface area contributed by atoms with Crippen LogP contribution in [0.5, 0.6) is 5.75 Å². The molecule has 0 aliphatic carbocycles. The molecule has 0 saturated carbocycles. The van der Waals surface area contributed by atoms with Gasteiger partial charge in [0.15, 0.2) is 5.96 Å². The number of aromatic nitrogens is 1. The molecule has 0 spiro atoms. The number of thiazole rings is 1. The zero-order chi connectivity index (χ0) is 19.2. The fourth-order valence-electron chi connectivity index (χ4n) is 3.41. The van der Waals surface area contributed by atoms with Gasteiger partial charge in [-0.25, -0.2) is 4.98 Å². The van der Waals surface area contributed by atoms with Gasteiger partial charge in [-0.15, -0.1) is 11.3 Å². The molecule has 0 unspecified atom stereocenters. The third-order valence-electron chi connectivity index (χ3n) is 4.88. The van der Waals surface area contributed by atoms with Gasteiger partial charge in [-0.05, 0) is 42.2 Å². The molecule has 4 rings (SSSR count). The van der Waals surface area contributed by atoms with Crippen LogP contribution in [-0.2, 0) is 19.3 Å². The number of fused-ring (bicyclic) bond motifs is 2. The Labute approximate surface area is 169 Å². The fourth-order valence-corrected chi connectivity index (χ4v) is 4.42. The Bertz CT molecular complexity index is 933. The maximum absolute atomic E-state index is 5.57. The summed E-state index contributed by atoms with van der Waals surface area (Å²) in [5.41, 5.74) is 3.77. The summed E-state index contributed by atoms with van der Waals surface area (Å²) in [4.78, 5) is 9.01. The molecule has 0 saturated heterocycles. The van der Waals surface area contributed by atoms with Crippen LogP contribution in [0.2, 0.25) is 0 Å². The van der Waals surface area contributed by atoms with Crippen LogP contribution in [0.4, 0.5) is 0 Å². The molecule has 1 aliphatic rings. The number of ether oxygens (including phenoxy) is 1. The van der Waals surface area contributed by atoms with Crippen molar-refractivity contribution in [2.75, 3.05) is 26.7 Å². The first kappa shape index (κ1) is 18.7. The lowest BCUT2D eigenvalue weighted by molar-refractivity contribution is 0.357. The number of benzene rings is 2. The van der Waals surface area contributed by atoms with Gasteiger partial charge in [0.2, 0.25) is 0 Å². The van der Waals surface area contributed by atoms with Crippen molar-refractivity contribution in [3.63, 3.8) is 0 Å². The van der Waals surface area contributed by atoms with E-state index in [9.17, 15) is 0 Å². The highest BCUT2D eigenvalue weighted by Gasteiger charge is 2.11. The molecule has 5 nitrogen and oxygen atoms in total. The number of hydrogen-bond acceptors (Lipinski definition) is 4. The predicted molar refractivity (Wildman–Crippen MR) is 117 cm³/mol. The van der Waals surface area contributed by atoms with Crippen LogP contribution in [0.25, 0.3) is 10.2 Å². The number of nitrogens with one attached hydrogen (secondary N) is 2. The molecule has 3 aromatic rings. The van der Waals surface area contributed by atoms with Crippen molar-refractivity contribution in [1.29, 1.82) is 0 Å². The Morgan fingerprint density at radius 2 is 2.04 bits per heavy atom. The van der Waals surface area contributed by atoms with E-state index in [1.54, 1.807) is 11.3 Å². The highest BCUT2D eigenvalue weighted by molar-refractivity contribution is 7.18. The minimum Gasteiger partial charge on any atom is -0.493 e. The lowest BCUT2D eigenvalue weighted by Gasteiger charge is -2.12. The maximum atomic E-state index is 5.57. The molecule has 0 fully saturated rings. The second kappa shape index (κ2) is 9.06. The molecular formula is C22H26N4OS. The van der Waals surface area contributed by atoms with E-state index in [2.05, 4.69) is 52.0 Å². The number of rotatable bonds is 7. The third-order valence-corrected chi connectivity index (χ3v) is 5.98. The minimum absolute atomic E-state index is 0.810. The first-order chi connectivity index (χ1) is 13.8. The lowest BCUT2D eigenvalue weighted by Crippen LogP contribution is -2.38. The van der Waals surface area contributed by atoms with Crippen molar-refractivity contribution in [1.82, 2.24) is 15.6 Å². The normalized spacial score (nSPS) is 13.4. The molecule has 6 heteroatoms. The second-order valence-corrected chi connectivity index (χ2v) is 8.01. The van der Waals surface area contributed by atoms with Gasteiger partial charge < -0.3 is 15.4 Å². The SMILES string of the molecule is CN=C(NCCCc1nc2ccccc2s1)NCCc1ccc2c(c1)CCO2. The van der Waals surface area contributed by atoms with E-state index < -0.39 is 0 Å².